The molecule has 2 aliphatic rings. The standard InChI is InChI=1S/C26H30F5N5O2S/c1-16-14-21(32-24(22(16)27)36-10-6-26(30,31)7-11-36)33-25(38)19-3-2-18(34-39-13-12-37)15-20(19)35-8-4-17(5-9-35)23(28)29/h2-3,14-15,34,37H,4-13H2,1H3,(H,32,33,38). The maximum atomic E-state index is 14.9. The van der Waals surface area contributed by atoms with Gasteiger partial charge >= 0.3 is 0 Å². The Morgan fingerprint density at radius 2 is 1.79 bits per heavy atom. The van der Waals surface area contributed by atoms with E-state index in [-0.39, 0.29) is 74.0 Å². The summed E-state index contributed by atoms with van der Waals surface area (Å²) < 4.78 is 71.4. The summed E-state index contributed by atoms with van der Waals surface area (Å²) in [5.74, 6) is -3.55. The van der Waals surface area contributed by atoms with Crippen molar-refractivity contribution < 1.29 is 31.9 Å². The molecule has 1 aromatic carbocycles. The van der Waals surface area contributed by atoms with Gasteiger partial charge in [0, 0.05) is 50.5 Å². The van der Waals surface area contributed by atoms with Gasteiger partial charge in [-0.2, -0.15) is 8.78 Å². The van der Waals surface area contributed by atoms with Gasteiger partial charge in [-0.1, -0.05) is 11.9 Å². The second-order valence-electron chi connectivity index (χ2n) is 9.52. The van der Waals surface area contributed by atoms with Crippen molar-refractivity contribution in [1.82, 2.24) is 4.98 Å². The van der Waals surface area contributed by atoms with Crippen molar-refractivity contribution in [2.45, 2.75) is 38.5 Å². The highest BCUT2D eigenvalue weighted by Crippen LogP contribution is 2.34. The van der Waals surface area contributed by atoms with Gasteiger partial charge in [0.25, 0.3) is 17.9 Å². The molecule has 0 saturated carbocycles. The van der Waals surface area contributed by atoms with Crippen LogP contribution in [0.5, 0.6) is 0 Å². The molecule has 0 spiro atoms. The lowest BCUT2D eigenvalue weighted by Gasteiger charge is -2.33. The second-order valence-corrected chi connectivity index (χ2v) is 10.4. The van der Waals surface area contributed by atoms with E-state index >= 15 is 0 Å². The molecule has 0 bridgehead atoms. The first-order valence-corrected chi connectivity index (χ1v) is 13.6. The highest BCUT2D eigenvalue weighted by atomic mass is 32.2. The number of carbonyl (C=O) groups is 1. The number of aryl methyl sites for hydroxylation is 1. The molecular formula is C26H30F5N5O2S. The average Bonchev–Trinajstić information content (AvgIpc) is 2.91. The fraction of sp³-hybridized carbons (Fsp3) is 0.462. The number of halogens is 5. The summed E-state index contributed by atoms with van der Waals surface area (Å²) in [6.45, 7) is 1.94. The lowest BCUT2D eigenvalue weighted by Crippen LogP contribution is -2.40. The zero-order valence-corrected chi connectivity index (χ0v) is 22.2. The number of alkyl halides is 2. The first kappa shape index (κ1) is 28.9. The van der Waals surface area contributed by atoms with Gasteiger partial charge in [0.05, 0.1) is 17.9 Å². The predicted molar refractivity (Wildman–Crippen MR) is 144 cm³/mol. The molecule has 1 amide bonds. The molecule has 1 aromatic heterocycles. The minimum Gasteiger partial charge on any atom is -0.395 e. The Kier molecular flexibility index (Phi) is 9.21. The number of nitrogens with zero attached hydrogens (tertiary/aromatic N) is 3. The van der Waals surface area contributed by atoms with Gasteiger partial charge in [0.1, 0.15) is 5.82 Å². The van der Waals surface area contributed by atoms with Crippen molar-refractivity contribution in [2.75, 3.05) is 58.4 Å². The number of piperidine rings is 2. The highest BCUT2D eigenvalue weighted by Gasteiger charge is 2.35. The first-order chi connectivity index (χ1) is 18.6. The Bertz CT molecular complexity index is 1220. The largest absolute Gasteiger partial charge is 0.395 e. The Morgan fingerprint density at radius 3 is 2.44 bits per heavy atom. The van der Waals surface area contributed by atoms with Gasteiger partial charge in [-0.3, -0.25) is 4.79 Å². The lowest BCUT2D eigenvalue weighted by atomic mass is 10.0. The van der Waals surface area contributed by atoms with Crippen LogP contribution in [0.2, 0.25) is 0 Å². The van der Waals surface area contributed by atoms with Crippen LogP contribution in [-0.4, -0.2) is 60.5 Å². The van der Waals surface area contributed by atoms with E-state index in [1.165, 1.54) is 29.8 Å². The van der Waals surface area contributed by atoms with Crippen LogP contribution in [0, 0.1) is 12.7 Å². The second kappa shape index (κ2) is 12.4. The summed E-state index contributed by atoms with van der Waals surface area (Å²) in [6.07, 6.45) is -2.17. The van der Waals surface area contributed by atoms with Gasteiger partial charge in [-0.15, -0.1) is 0 Å². The van der Waals surface area contributed by atoms with Crippen molar-refractivity contribution in [3.8, 4) is 0 Å². The number of amides is 1. The third-order valence-electron chi connectivity index (χ3n) is 6.76. The van der Waals surface area contributed by atoms with Crippen LogP contribution in [0.15, 0.2) is 35.9 Å². The molecule has 0 atom stereocenters. The van der Waals surface area contributed by atoms with Gasteiger partial charge < -0.3 is 24.9 Å². The summed E-state index contributed by atoms with van der Waals surface area (Å²) in [6, 6.07) is 6.39. The zero-order chi connectivity index (χ0) is 28.2. The number of pyridine rings is 1. The number of anilines is 4. The van der Waals surface area contributed by atoms with Gasteiger partial charge in [0.2, 0.25) is 0 Å². The van der Waals surface area contributed by atoms with Crippen molar-refractivity contribution in [3.63, 3.8) is 0 Å². The van der Waals surface area contributed by atoms with E-state index in [0.29, 0.717) is 17.1 Å². The number of aliphatic hydroxyl groups excluding tert-OH is 1. The van der Waals surface area contributed by atoms with E-state index in [1.807, 2.05) is 4.90 Å². The minimum atomic E-state index is -2.80. The topological polar surface area (TPSA) is 80.7 Å². The molecule has 3 N–H and O–H groups in total. The number of carbonyl (C=O) groups excluding carboxylic acids is 1. The van der Waals surface area contributed by atoms with Crippen LogP contribution in [-0.2, 0) is 0 Å². The monoisotopic (exact) mass is 571 g/mol. The van der Waals surface area contributed by atoms with Gasteiger partial charge in [0.15, 0.2) is 11.6 Å². The molecule has 7 nitrogen and oxygen atoms in total. The van der Waals surface area contributed by atoms with Crippen molar-refractivity contribution in [1.29, 1.82) is 0 Å². The molecule has 2 aliphatic heterocycles. The fourth-order valence-electron chi connectivity index (χ4n) is 4.58. The molecular weight excluding hydrogens is 541 g/mol. The Hall–Kier alpha value is -3.06. The molecule has 2 fully saturated rings. The number of hydrogen-bond donors (Lipinski definition) is 3. The van der Waals surface area contributed by atoms with E-state index < -0.39 is 36.6 Å². The van der Waals surface area contributed by atoms with Crippen LogP contribution >= 0.6 is 11.9 Å². The maximum absolute atomic E-state index is 14.9. The van der Waals surface area contributed by atoms with Crippen LogP contribution < -0.4 is 19.8 Å². The van der Waals surface area contributed by atoms with Gasteiger partial charge in [-0.25, -0.2) is 18.2 Å². The van der Waals surface area contributed by atoms with E-state index in [4.69, 9.17) is 5.11 Å². The third-order valence-corrected chi connectivity index (χ3v) is 7.53. The quantitative estimate of drug-likeness (QED) is 0.209. The van der Waals surface area contributed by atoms with Crippen LogP contribution in [0.3, 0.4) is 0 Å². The summed E-state index contributed by atoms with van der Waals surface area (Å²) in [7, 11) is 0. The molecule has 0 radical (unpaired) electrons. The summed E-state index contributed by atoms with van der Waals surface area (Å²) in [5.41, 5.74) is 1.76. The highest BCUT2D eigenvalue weighted by molar-refractivity contribution is 8.00. The van der Waals surface area contributed by atoms with E-state index in [9.17, 15) is 26.7 Å². The molecule has 4 rings (SSSR count). The van der Waals surface area contributed by atoms with E-state index in [1.54, 1.807) is 18.2 Å². The molecule has 212 valence electrons. The summed E-state index contributed by atoms with van der Waals surface area (Å²) in [4.78, 5) is 21.0. The lowest BCUT2D eigenvalue weighted by molar-refractivity contribution is -0.0222. The number of aromatic nitrogens is 1. The molecule has 2 aromatic rings. The number of aliphatic hydroxyl groups is 1. The third kappa shape index (κ3) is 7.13. The number of benzene rings is 1. The zero-order valence-electron chi connectivity index (χ0n) is 21.4. The normalized spacial score (nSPS) is 17.3. The number of nitrogens with one attached hydrogen (secondary N) is 2. The molecule has 2 saturated heterocycles. The Balaban J connectivity index is 1.59. The van der Waals surface area contributed by atoms with Crippen molar-refractivity contribution in [3.05, 3.63) is 52.9 Å². The minimum absolute atomic E-state index is 0.0209. The Labute approximate surface area is 227 Å². The van der Waals surface area contributed by atoms with Crippen LogP contribution in [0.25, 0.3) is 0 Å². The molecule has 13 heteroatoms. The smallest absolute Gasteiger partial charge is 0.269 e. The average molecular weight is 572 g/mol. The van der Waals surface area contributed by atoms with E-state index in [2.05, 4.69) is 15.0 Å². The van der Waals surface area contributed by atoms with Crippen molar-refractivity contribution >= 4 is 40.9 Å². The molecule has 39 heavy (non-hydrogen) atoms. The van der Waals surface area contributed by atoms with Crippen molar-refractivity contribution in [2.24, 2.45) is 0 Å². The maximum Gasteiger partial charge on any atom is 0.269 e. The summed E-state index contributed by atoms with van der Waals surface area (Å²) in [5, 5.41) is 11.7. The Morgan fingerprint density at radius 1 is 1.10 bits per heavy atom. The number of hydrogen-bond acceptors (Lipinski definition) is 7. The van der Waals surface area contributed by atoms with Gasteiger partial charge in [-0.05, 0) is 55.2 Å². The SMILES string of the molecule is Cc1cc(NC(=O)c2ccc(NSCCO)cc2N2CCC(=C(F)F)CC2)nc(N2CCC(F)(F)CC2)c1F. The summed E-state index contributed by atoms with van der Waals surface area (Å²) >= 11 is 1.28. The molecule has 0 aliphatic carbocycles. The fourth-order valence-corrected chi connectivity index (χ4v) is 5.07. The van der Waals surface area contributed by atoms with E-state index in [0.717, 1.165) is 0 Å². The van der Waals surface area contributed by atoms with Crippen LogP contribution in [0.4, 0.5) is 45.0 Å². The van der Waals surface area contributed by atoms with Crippen LogP contribution in [0.1, 0.15) is 41.6 Å². The first-order valence-electron chi connectivity index (χ1n) is 12.6. The predicted octanol–water partition coefficient (Wildman–Crippen LogP) is 5.82. The number of rotatable bonds is 8. The molecule has 3 heterocycles. The molecule has 0 unspecified atom stereocenters.